The standard InChI is InChI=1S/C29H29ClF3N3O4/c1-18(20-6-10-23(30)11-7-20)25-16-26(21-8-12-24(13-9-21)40-29(31,32)33)36(35-25)17-19-2-4-22(5-3-19)28(39)34-15-14-27(37)38/h2-6,8-10,12-13,16,18,25,35H,7,11,14-15,17H2,1H3,(H,34,39)(H,37,38). The molecule has 7 nitrogen and oxygen atoms in total. The Balaban J connectivity index is 1.52. The van der Waals surface area contributed by atoms with Gasteiger partial charge in [0.1, 0.15) is 5.75 Å². The van der Waals surface area contributed by atoms with Crippen molar-refractivity contribution < 1.29 is 32.6 Å². The molecule has 2 atom stereocenters. The minimum absolute atomic E-state index is 0.0343. The number of amides is 1. The molecule has 2 unspecified atom stereocenters. The molecule has 2 aromatic carbocycles. The maximum absolute atomic E-state index is 12.6. The van der Waals surface area contributed by atoms with E-state index in [2.05, 4.69) is 28.5 Å². The second-order valence-corrected chi connectivity index (χ2v) is 10.1. The minimum atomic E-state index is -4.77. The third kappa shape index (κ3) is 7.89. The van der Waals surface area contributed by atoms with Gasteiger partial charge in [0.15, 0.2) is 0 Å². The molecule has 0 saturated heterocycles. The lowest BCUT2D eigenvalue weighted by molar-refractivity contribution is -0.274. The Kier molecular flexibility index (Phi) is 9.21. The number of rotatable bonds is 10. The van der Waals surface area contributed by atoms with Gasteiger partial charge in [-0.1, -0.05) is 42.3 Å². The highest BCUT2D eigenvalue weighted by Gasteiger charge is 2.32. The maximum Gasteiger partial charge on any atom is 0.573 e. The van der Waals surface area contributed by atoms with Crippen molar-refractivity contribution >= 4 is 29.2 Å². The van der Waals surface area contributed by atoms with Crippen molar-refractivity contribution in [3.63, 3.8) is 0 Å². The van der Waals surface area contributed by atoms with Crippen LogP contribution in [0.1, 0.15) is 47.7 Å². The smallest absolute Gasteiger partial charge is 0.481 e. The summed E-state index contributed by atoms with van der Waals surface area (Å²) in [5, 5.41) is 14.1. The molecule has 1 aliphatic heterocycles. The van der Waals surface area contributed by atoms with E-state index in [1.54, 1.807) is 36.4 Å². The summed E-state index contributed by atoms with van der Waals surface area (Å²) in [6.45, 7) is 2.57. The van der Waals surface area contributed by atoms with Gasteiger partial charge >= 0.3 is 12.3 Å². The predicted molar refractivity (Wildman–Crippen MR) is 145 cm³/mol. The number of alkyl halides is 3. The molecule has 0 aromatic heterocycles. The second kappa shape index (κ2) is 12.6. The molecular weight excluding hydrogens is 547 g/mol. The van der Waals surface area contributed by atoms with Gasteiger partial charge in [-0.3, -0.25) is 9.59 Å². The van der Waals surface area contributed by atoms with Crippen molar-refractivity contribution in [3.8, 4) is 5.75 Å². The molecule has 0 fully saturated rings. The summed E-state index contributed by atoms with van der Waals surface area (Å²) in [7, 11) is 0. The highest BCUT2D eigenvalue weighted by Crippen LogP contribution is 2.34. The summed E-state index contributed by atoms with van der Waals surface area (Å²) in [6, 6.07) is 12.6. The number of carbonyl (C=O) groups is 2. The molecule has 1 amide bonds. The zero-order chi connectivity index (χ0) is 28.9. The molecule has 4 rings (SSSR count). The molecule has 0 spiro atoms. The lowest BCUT2D eigenvalue weighted by Crippen LogP contribution is -2.40. The monoisotopic (exact) mass is 575 g/mol. The van der Waals surface area contributed by atoms with E-state index in [1.165, 1.54) is 17.7 Å². The number of ether oxygens (including phenoxy) is 1. The molecule has 0 bridgehead atoms. The van der Waals surface area contributed by atoms with E-state index in [1.807, 2.05) is 17.2 Å². The van der Waals surface area contributed by atoms with E-state index in [0.717, 1.165) is 29.1 Å². The van der Waals surface area contributed by atoms with Crippen LogP contribution in [0.3, 0.4) is 0 Å². The Labute approximate surface area is 234 Å². The SMILES string of the molecule is CC(C1=CC=C(Cl)CC1)C1C=C(c2ccc(OC(F)(F)F)cc2)N(Cc2ccc(C(=O)NCCC(=O)O)cc2)N1. The van der Waals surface area contributed by atoms with Crippen LogP contribution in [-0.4, -0.2) is 40.9 Å². The topological polar surface area (TPSA) is 90.9 Å². The van der Waals surface area contributed by atoms with Crippen molar-refractivity contribution in [1.82, 2.24) is 15.8 Å². The first kappa shape index (κ1) is 29.2. The molecule has 1 aliphatic carbocycles. The number of allylic oxidation sites excluding steroid dienone is 3. The summed E-state index contributed by atoms with van der Waals surface area (Å²) in [6.07, 6.45) is 2.70. The van der Waals surface area contributed by atoms with Gasteiger partial charge in [0.2, 0.25) is 0 Å². The van der Waals surface area contributed by atoms with Crippen molar-refractivity contribution in [2.45, 2.75) is 45.1 Å². The van der Waals surface area contributed by atoms with Crippen LogP contribution in [0.15, 0.2) is 77.4 Å². The summed E-state index contributed by atoms with van der Waals surface area (Å²) < 4.78 is 41.9. The van der Waals surface area contributed by atoms with E-state index < -0.39 is 12.3 Å². The lowest BCUT2D eigenvalue weighted by Gasteiger charge is -2.28. The third-order valence-electron chi connectivity index (χ3n) is 6.75. The van der Waals surface area contributed by atoms with Gasteiger partial charge in [-0.15, -0.1) is 13.2 Å². The van der Waals surface area contributed by atoms with Crippen LogP contribution in [-0.2, 0) is 11.3 Å². The molecule has 1 heterocycles. The number of nitrogens with one attached hydrogen (secondary N) is 2. The van der Waals surface area contributed by atoms with Gasteiger partial charge in [0, 0.05) is 17.1 Å². The highest BCUT2D eigenvalue weighted by atomic mass is 35.5. The Morgan fingerprint density at radius 3 is 2.42 bits per heavy atom. The van der Waals surface area contributed by atoms with Crippen LogP contribution in [0.4, 0.5) is 13.2 Å². The second-order valence-electron chi connectivity index (χ2n) is 9.61. The highest BCUT2D eigenvalue weighted by molar-refractivity contribution is 6.29. The molecule has 2 aliphatic rings. The van der Waals surface area contributed by atoms with E-state index in [9.17, 15) is 22.8 Å². The summed E-state index contributed by atoms with van der Waals surface area (Å²) in [5.41, 5.74) is 7.57. The third-order valence-corrected chi connectivity index (χ3v) is 7.07. The van der Waals surface area contributed by atoms with Crippen molar-refractivity contribution in [2.24, 2.45) is 5.92 Å². The molecule has 2 aromatic rings. The van der Waals surface area contributed by atoms with Gasteiger partial charge in [-0.2, -0.15) is 0 Å². The van der Waals surface area contributed by atoms with Gasteiger partial charge in [0.25, 0.3) is 5.91 Å². The fraction of sp³-hybridized carbons (Fsp3) is 0.310. The molecule has 212 valence electrons. The Morgan fingerprint density at radius 1 is 1.12 bits per heavy atom. The summed E-state index contributed by atoms with van der Waals surface area (Å²) >= 11 is 6.14. The van der Waals surface area contributed by atoms with Crippen LogP contribution in [0.2, 0.25) is 0 Å². The number of carboxylic acid groups (broad SMARTS) is 1. The van der Waals surface area contributed by atoms with Gasteiger partial charge in [-0.25, -0.2) is 5.43 Å². The quantitative estimate of drug-likeness (QED) is 0.322. The zero-order valence-corrected chi connectivity index (χ0v) is 22.4. The number of hydrogen-bond acceptors (Lipinski definition) is 5. The van der Waals surface area contributed by atoms with Crippen LogP contribution in [0.25, 0.3) is 5.70 Å². The van der Waals surface area contributed by atoms with E-state index in [-0.39, 0.29) is 36.6 Å². The van der Waals surface area contributed by atoms with Crippen molar-refractivity contribution in [2.75, 3.05) is 6.54 Å². The number of nitrogens with zero attached hydrogens (tertiary/aromatic N) is 1. The number of carboxylic acids is 1. The van der Waals surface area contributed by atoms with Gasteiger partial charge < -0.3 is 20.2 Å². The zero-order valence-electron chi connectivity index (χ0n) is 21.7. The van der Waals surface area contributed by atoms with E-state index >= 15 is 0 Å². The van der Waals surface area contributed by atoms with E-state index in [0.29, 0.717) is 17.7 Å². The lowest BCUT2D eigenvalue weighted by atomic mass is 9.88. The average molecular weight is 576 g/mol. The summed E-state index contributed by atoms with van der Waals surface area (Å²) in [4.78, 5) is 23.0. The van der Waals surface area contributed by atoms with Gasteiger partial charge in [0.05, 0.1) is 24.7 Å². The van der Waals surface area contributed by atoms with Crippen LogP contribution in [0.5, 0.6) is 5.75 Å². The fourth-order valence-corrected chi connectivity index (χ4v) is 4.74. The molecule has 0 radical (unpaired) electrons. The Morgan fingerprint density at radius 2 is 1.82 bits per heavy atom. The largest absolute Gasteiger partial charge is 0.573 e. The Hall–Kier alpha value is -3.76. The predicted octanol–water partition coefficient (Wildman–Crippen LogP) is 6.00. The normalized spacial score (nSPS) is 18.0. The average Bonchev–Trinajstić information content (AvgIpc) is 3.32. The number of hydrogen-bond donors (Lipinski definition) is 3. The van der Waals surface area contributed by atoms with Crippen LogP contribution >= 0.6 is 11.6 Å². The number of benzene rings is 2. The van der Waals surface area contributed by atoms with Crippen LogP contribution in [0, 0.1) is 5.92 Å². The molecule has 0 saturated carbocycles. The van der Waals surface area contributed by atoms with Gasteiger partial charge in [-0.05, 0) is 78.4 Å². The van der Waals surface area contributed by atoms with E-state index in [4.69, 9.17) is 16.7 Å². The molecule has 11 heteroatoms. The van der Waals surface area contributed by atoms with Crippen molar-refractivity contribution in [3.05, 3.63) is 94.1 Å². The number of halogens is 4. The molecule has 40 heavy (non-hydrogen) atoms. The fourth-order valence-electron chi connectivity index (χ4n) is 4.58. The number of carbonyl (C=O) groups excluding carboxylic acids is 1. The Bertz CT molecular complexity index is 1320. The number of hydrazine groups is 1. The first-order chi connectivity index (χ1) is 19.0. The van der Waals surface area contributed by atoms with Crippen LogP contribution < -0.4 is 15.5 Å². The molecule has 3 N–H and O–H groups in total. The summed E-state index contributed by atoms with van der Waals surface area (Å²) in [5.74, 6) is -1.52. The number of aliphatic carboxylic acids is 1. The maximum atomic E-state index is 12.6. The first-order valence-electron chi connectivity index (χ1n) is 12.7. The minimum Gasteiger partial charge on any atom is -0.481 e. The van der Waals surface area contributed by atoms with Crippen molar-refractivity contribution in [1.29, 1.82) is 0 Å². The molecular formula is C29H29ClF3N3O4. The first-order valence-corrected chi connectivity index (χ1v) is 13.1.